The third-order valence-electron chi connectivity index (χ3n) is 1.80. The average Bonchev–Trinajstić information content (AvgIpc) is 2.50. The summed E-state index contributed by atoms with van der Waals surface area (Å²) < 4.78 is 0. The van der Waals surface area contributed by atoms with Crippen LogP contribution < -0.4 is 5.73 Å². The van der Waals surface area contributed by atoms with Crippen LogP contribution in [0.2, 0.25) is 0 Å². The quantitative estimate of drug-likeness (QED) is 0.676. The summed E-state index contributed by atoms with van der Waals surface area (Å²) >= 11 is 1.27. The number of aliphatic hydroxyl groups excluding tert-OH is 1. The number of thiophene rings is 1. The highest BCUT2D eigenvalue weighted by atomic mass is 32.1. The summed E-state index contributed by atoms with van der Waals surface area (Å²) in [6.07, 6.45) is -0.743. The van der Waals surface area contributed by atoms with E-state index in [1.165, 1.54) is 23.6 Å². The molecule has 13 heavy (non-hydrogen) atoms. The minimum absolute atomic E-state index is 0.179. The maximum Gasteiger partial charge on any atom is 0.336 e. The lowest BCUT2D eigenvalue weighted by atomic mass is 10.0. The summed E-state index contributed by atoms with van der Waals surface area (Å²) in [7, 11) is 0. The van der Waals surface area contributed by atoms with Crippen molar-refractivity contribution in [3.63, 3.8) is 0 Å². The van der Waals surface area contributed by atoms with Crippen molar-refractivity contribution in [2.24, 2.45) is 5.73 Å². The number of rotatable bonds is 3. The molecule has 0 aliphatic carbocycles. The van der Waals surface area contributed by atoms with Gasteiger partial charge in [0.25, 0.3) is 0 Å². The number of aromatic carboxylic acids is 1. The molecule has 5 heteroatoms. The molecule has 1 aromatic rings. The molecule has 4 nitrogen and oxygen atoms in total. The largest absolute Gasteiger partial charge is 0.478 e. The molecular weight excluding hydrogens is 190 g/mol. The first-order valence-electron chi connectivity index (χ1n) is 3.77. The predicted octanol–water partition coefficient (Wildman–Crippen LogP) is 0.827. The van der Waals surface area contributed by atoms with Crippen molar-refractivity contribution in [2.45, 2.75) is 19.1 Å². The van der Waals surface area contributed by atoms with Crippen LogP contribution in [0.4, 0.5) is 0 Å². The lowest BCUT2D eigenvalue weighted by Crippen LogP contribution is -2.24. The van der Waals surface area contributed by atoms with E-state index in [2.05, 4.69) is 0 Å². The normalized spacial score (nSPS) is 15.3. The first kappa shape index (κ1) is 10.2. The molecule has 0 bridgehead atoms. The Balaban J connectivity index is 3.00. The molecule has 2 atom stereocenters. The Morgan fingerprint density at radius 1 is 1.62 bits per heavy atom. The third-order valence-corrected chi connectivity index (χ3v) is 2.56. The molecule has 1 rings (SSSR count). The Morgan fingerprint density at radius 3 is 2.69 bits per heavy atom. The number of nitrogens with two attached hydrogens (primary N) is 1. The monoisotopic (exact) mass is 201 g/mol. The van der Waals surface area contributed by atoms with Crippen LogP contribution in [0.25, 0.3) is 0 Å². The van der Waals surface area contributed by atoms with Gasteiger partial charge in [-0.2, -0.15) is 11.3 Å². The molecule has 4 N–H and O–H groups in total. The molecular formula is C8H11NO3S. The van der Waals surface area contributed by atoms with Gasteiger partial charge in [-0.25, -0.2) is 4.79 Å². The summed E-state index contributed by atoms with van der Waals surface area (Å²) in [5.74, 6) is -1.01. The van der Waals surface area contributed by atoms with E-state index < -0.39 is 18.1 Å². The summed E-state index contributed by atoms with van der Waals surface area (Å²) in [5.41, 5.74) is 6.29. The molecule has 0 aliphatic heterocycles. The topological polar surface area (TPSA) is 83.5 Å². The van der Waals surface area contributed by atoms with Crippen LogP contribution >= 0.6 is 11.3 Å². The first-order valence-corrected chi connectivity index (χ1v) is 4.71. The zero-order chi connectivity index (χ0) is 10.0. The Morgan fingerprint density at radius 2 is 2.23 bits per heavy atom. The van der Waals surface area contributed by atoms with Gasteiger partial charge in [-0.1, -0.05) is 0 Å². The van der Waals surface area contributed by atoms with Crippen LogP contribution in [0.3, 0.4) is 0 Å². The van der Waals surface area contributed by atoms with Gasteiger partial charge in [0.1, 0.15) is 0 Å². The Hall–Kier alpha value is -0.910. The third kappa shape index (κ3) is 2.06. The fourth-order valence-corrected chi connectivity index (χ4v) is 1.87. The maximum atomic E-state index is 10.7. The number of hydrogen-bond acceptors (Lipinski definition) is 4. The summed E-state index contributed by atoms with van der Waals surface area (Å²) in [6, 6.07) is -0.627. The Kier molecular flexibility index (Phi) is 3.02. The minimum Gasteiger partial charge on any atom is -0.478 e. The van der Waals surface area contributed by atoms with E-state index in [1.54, 1.807) is 5.38 Å². The highest BCUT2D eigenvalue weighted by Crippen LogP contribution is 2.23. The molecule has 0 radical (unpaired) electrons. The van der Waals surface area contributed by atoms with Gasteiger partial charge in [-0.05, 0) is 17.9 Å². The molecule has 0 aromatic carbocycles. The van der Waals surface area contributed by atoms with Gasteiger partial charge in [-0.3, -0.25) is 0 Å². The SMILES string of the molecule is C[C@H](O)[C@@H](N)c1cscc1C(=O)O. The molecule has 0 unspecified atom stereocenters. The van der Waals surface area contributed by atoms with Crippen LogP contribution in [-0.4, -0.2) is 22.3 Å². The minimum atomic E-state index is -1.01. The summed E-state index contributed by atoms with van der Waals surface area (Å²) in [5, 5.41) is 21.1. The van der Waals surface area contributed by atoms with Crippen LogP contribution in [0.5, 0.6) is 0 Å². The molecule has 0 saturated carbocycles. The van der Waals surface area contributed by atoms with Crippen molar-refractivity contribution in [2.75, 3.05) is 0 Å². The second-order valence-corrected chi connectivity index (χ2v) is 3.56. The van der Waals surface area contributed by atoms with Crippen molar-refractivity contribution in [1.82, 2.24) is 0 Å². The predicted molar refractivity (Wildman–Crippen MR) is 49.9 cm³/mol. The van der Waals surface area contributed by atoms with Crippen LogP contribution in [0, 0.1) is 0 Å². The summed E-state index contributed by atoms with van der Waals surface area (Å²) in [6.45, 7) is 1.54. The van der Waals surface area contributed by atoms with E-state index in [-0.39, 0.29) is 5.56 Å². The highest BCUT2D eigenvalue weighted by molar-refractivity contribution is 7.08. The molecule has 0 saturated heterocycles. The zero-order valence-corrected chi connectivity index (χ0v) is 7.91. The Bertz CT molecular complexity index is 308. The van der Waals surface area contributed by atoms with Gasteiger partial charge in [0.15, 0.2) is 0 Å². The molecule has 1 aromatic heterocycles. The van der Waals surface area contributed by atoms with Crippen LogP contribution in [-0.2, 0) is 0 Å². The molecule has 72 valence electrons. The van der Waals surface area contributed by atoms with Gasteiger partial charge in [0.05, 0.1) is 17.7 Å². The van der Waals surface area contributed by atoms with E-state index in [0.29, 0.717) is 5.56 Å². The van der Waals surface area contributed by atoms with Crippen molar-refractivity contribution in [3.05, 3.63) is 21.9 Å². The Labute approximate surface area is 79.6 Å². The van der Waals surface area contributed by atoms with Gasteiger partial charge in [-0.15, -0.1) is 0 Å². The van der Waals surface area contributed by atoms with E-state index in [0.717, 1.165) is 0 Å². The zero-order valence-electron chi connectivity index (χ0n) is 7.10. The van der Waals surface area contributed by atoms with Gasteiger partial charge in [0.2, 0.25) is 0 Å². The molecule has 0 fully saturated rings. The fraction of sp³-hybridized carbons (Fsp3) is 0.375. The van der Waals surface area contributed by atoms with Gasteiger partial charge < -0.3 is 15.9 Å². The molecule has 0 aliphatic rings. The van der Waals surface area contributed by atoms with E-state index in [1.807, 2.05) is 0 Å². The number of carboxylic acid groups (broad SMARTS) is 1. The molecule has 1 heterocycles. The van der Waals surface area contributed by atoms with Crippen LogP contribution in [0.1, 0.15) is 28.9 Å². The fourth-order valence-electron chi connectivity index (χ4n) is 0.999. The van der Waals surface area contributed by atoms with Gasteiger partial charge in [0, 0.05) is 5.38 Å². The maximum absolute atomic E-state index is 10.7. The number of hydrogen-bond donors (Lipinski definition) is 3. The number of aliphatic hydroxyl groups is 1. The first-order chi connectivity index (χ1) is 6.04. The number of carbonyl (C=O) groups is 1. The second kappa shape index (κ2) is 3.87. The lowest BCUT2D eigenvalue weighted by Gasteiger charge is -2.13. The van der Waals surface area contributed by atoms with E-state index in [4.69, 9.17) is 10.8 Å². The second-order valence-electron chi connectivity index (χ2n) is 2.81. The van der Waals surface area contributed by atoms with E-state index >= 15 is 0 Å². The molecule has 0 spiro atoms. The van der Waals surface area contributed by atoms with Crippen molar-refractivity contribution < 1.29 is 15.0 Å². The summed E-state index contributed by atoms with van der Waals surface area (Å²) in [4.78, 5) is 10.7. The number of carboxylic acids is 1. The highest BCUT2D eigenvalue weighted by Gasteiger charge is 2.20. The standard InChI is InChI=1S/C8H11NO3S/c1-4(10)7(9)5-2-13-3-6(5)8(11)12/h2-4,7,10H,9H2,1H3,(H,11,12)/t4-,7+/m0/s1. The van der Waals surface area contributed by atoms with Crippen LogP contribution in [0.15, 0.2) is 10.8 Å². The molecule has 0 amide bonds. The lowest BCUT2D eigenvalue weighted by molar-refractivity contribution is 0.0694. The van der Waals surface area contributed by atoms with Crippen molar-refractivity contribution in [1.29, 1.82) is 0 Å². The smallest absolute Gasteiger partial charge is 0.336 e. The average molecular weight is 201 g/mol. The van der Waals surface area contributed by atoms with Gasteiger partial charge >= 0.3 is 5.97 Å². The van der Waals surface area contributed by atoms with Crippen molar-refractivity contribution in [3.8, 4) is 0 Å². The van der Waals surface area contributed by atoms with E-state index in [9.17, 15) is 9.90 Å². The van der Waals surface area contributed by atoms with Crippen molar-refractivity contribution >= 4 is 17.3 Å².